The highest BCUT2D eigenvalue weighted by molar-refractivity contribution is 7.22. The molecule has 31 heavy (non-hydrogen) atoms. The van der Waals surface area contributed by atoms with Gasteiger partial charge in [-0.2, -0.15) is 0 Å². The van der Waals surface area contributed by atoms with Gasteiger partial charge in [0.2, 0.25) is 11.8 Å². The Morgan fingerprint density at radius 2 is 2.00 bits per heavy atom. The summed E-state index contributed by atoms with van der Waals surface area (Å²) < 4.78 is 3.73. The first-order chi connectivity index (χ1) is 15.1. The van der Waals surface area contributed by atoms with E-state index in [1.54, 1.807) is 29.3 Å². The van der Waals surface area contributed by atoms with Crippen LogP contribution in [0.5, 0.6) is 0 Å². The summed E-state index contributed by atoms with van der Waals surface area (Å²) in [6.45, 7) is 0.693. The monoisotopic (exact) mass is 436 g/mol. The third kappa shape index (κ3) is 3.70. The summed E-state index contributed by atoms with van der Waals surface area (Å²) in [4.78, 5) is 44.1. The number of para-hydroxylation sites is 1. The highest BCUT2D eigenvalue weighted by atomic mass is 32.1. The van der Waals surface area contributed by atoms with Gasteiger partial charge < -0.3 is 10.2 Å². The molecule has 1 saturated heterocycles. The molecule has 1 fully saturated rings. The lowest BCUT2D eigenvalue weighted by Gasteiger charge is -2.23. The van der Waals surface area contributed by atoms with Gasteiger partial charge in [-0.1, -0.05) is 29.5 Å². The third-order valence-corrected chi connectivity index (χ3v) is 6.38. The maximum absolute atomic E-state index is 12.8. The summed E-state index contributed by atoms with van der Waals surface area (Å²) >= 11 is 1.41. The predicted octanol–water partition coefficient (Wildman–Crippen LogP) is 2.13. The van der Waals surface area contributed by atoms with E-state index in [1.165, 1.54) is 20.4 Å². The van der Waals surface area contributed by atoms with E-state index in [0.29, 0.717) is 23.7 Å². The van der Waals surface area contributed by atoms with Gasteiger partial charge in [0.05, 0.1) is 16.8 Å². The minimum atomic E-state index is -0.530. The number of fused-ring (bicyclic) bond motifs is 2. The van der Waals surface area contributed by atoms with Crippen molar-refractivity contribution in [2.45, 2.75) is 31.8 Å². The lowest BCUT2D eigenvalue weighted by molar-refractivity contribution is -0.136. The Morgan fingerprint density at radius 3 is 2.84 bits per heavy atom. The van der Waals surface area contributed by atoms with Gasteiger partial charge >= 0.3 is 5.69 Å². The van der Waals surface area contributed by atoms with Crippen LogP contribution in [0, 0.1) is 0 Å². The third-order valence-electron chi connectivity index (χ3n) is 5.43. The number of pyridine rings is 1. The highest BCUT2D eigenvalue weighted by Gasteiger charge is 2.34. The number of aryl methyl sites for hydroxylation is 1. The summed E-state index contributed by atoms with van der Waals surface area (Å²) in [6.07, 6.45) is 3.12. The van der Waals surface area contributed by atoms with E-state index in [-0.39, 0.29) is 30.5 Å². The molecule has 0 saturated carbocycles. The molecule has 5 rings (SSSR count). The number of nitrogens with one attached hydrogen (secondary N) is 1. The van der Waals surface area contributed by atoms with Crippen LogP contribution in [-0.4, -0.2) is 48.5 Å². The number of likely N-dealkylation sites (tertiary alicyclic amines) is 1. The zero-order valence-electron chi connectivity index (χ0n) is 16.6. The smallest absolute Gasteiger partial charge is 0.331 e. The number of benzene rings is 1. The maximum Gasteiger partial charge on any atom is 0.350 e. The van der Waals surface area contributed by atoms with Crippen LogP contribution < -0.4 is 11.0 Å². The van der Waals surface area contributed by atoms with E-state index >= 15 is 0 Å². The van der Waals surface area contributed by atoms with Crippen molar-refractivity contribution in [3.63, 3.8) is 0 Å². The quantitative estimate of drug-likeness (QED) is 0.516. The lowest BCUT2D eigenvalue weighted by atomic mass is 10.2. The van der Waals surface area contributed by atoms with Crippen LogP contribution in [0.15, 0.2) is 53.5 Å². The molecular formula is C21H20N6O3S. The van der Waals surface area contributed by atoms with E-state index in [9.17, 15) is 14.4 Å². The average molecular weight is 436 g/mol. The van der Waals surface area contributed by atoms with Crippen LogP contribution in [0.2, 0.25) is 0 Å². The van der Waals surface area contributed by atoms with Gasteiger partial charge in [0, 0.05) is 19.2 Å². The van der Waals surface area contributed by atoms with Gasteiger partial charge in [-0.3, -0.25) is 14.0 Å². The van der Waals surface area contributed by atoms with E-state index in [1.807, 2.05) is 24.3 Å². The zero-order valence-corrected chi connectivity index (χ0v) is 17.4. The fraction of sp³-hybridized carbons (Fsp3) is 0.286. The first-order valence-corrected chi connectivity index (χ1v) is 10.9. The van der Waals surface area contributed by atoms with Crippen molar-refractivity contribution < 1.29 is 9.59 Å². The summed E-state index contributed by atoms with van der Waals surface area (Å²) in [5.41, 5.74) is 1.09. The number of nitrogens with zero attached hydrogens (tertiary/aromatic N) is 5. The topological polar surface area (TPSA) is 102 Å². The molecule has 2 amide bonds. The second-order valence-electron chi connectivity index (χ2n) is 7.41. The molecule has 10 heteroatoms. The van der Waals surface area contributed by atoms with E-state index in [0.717, 1.165) is 16.6 Å². The predicted molar refractivity (Wildman–Crippen MR) is 117 cm³/mol. The fourth-order valence-corrected chi connectivity index (χ4v) is 4.78. The minimum Gasteiger partial charge on any atom is -0.331 e. The molecule has 4 aromatic rings. The fourth-order valence-electron chi connectivity index (χ4n) is 3.91. The van der Waals surface area contributed by atoms with Crippen LogP contribution in [0.25, 0.3) is 15.9 Å². The molecule has 1 atom stereocenters. The lowest BCUT2D eigenvalue weighted by Crippen LogP contribution is -2.43. The van der Waals surface area contributed by atoms with Crippen LogP contribution in [-0.2, 0) is 16.1 Å². The molecule has 1 aliphatic rings. The summed E-state index contributed by atoms with van der Waals surface area (Å²) in [6, 6.07) is 12.4. The Labute approximate surface area is 180 Å². The van der Waals surface area contributed by atoms with Gasteiger partial charge in [-0.05, 0) is 37.1 Å². The van der Waals surface area contributed by atoms with Crippen molar-refractivity contribution in [1.82, 2.24) is 24.1 Å². The first-order valence-electron chi connectivity index (χ1n) is 10.1. The number of thiazole rings is 1. The van der Waals surface area contributed by atoms with E-state index < -0.39 is 6.04 Å². The molecule has 1 aromatic carbocycles. The van der Waals surface area contributed by atoms with Gasteiger partial charge in [-0.25, -0.2) is 14.5 Å². The first kappa shape index (κ1) is 19.4. The average Bonchev–Trinajstić information content (AvgIpc) is 3.49. The number of hydrogen-bond donors (Lipinski definition) is 1. The largest absolute Gasteiger partial charge is 0.350 e. The molecule has 1 aliphatic heterocycles. The van der Waals surface area contributed by atoms with E-state index in [2.05, 4.69) is 15.4 Å². The van der Waals surface area contributed by atoms with Gasteiger partial charge in [0.15, 0.2) is 10.8 Å². The molecule has 1 N–H and O–H groups in total. The maximum atomic E-state index is 12.8. The Hall–Kier alpha value is -3.53. The Kier molecular flexibility index (Phi) is 4.99. The molecule has 0 aliphatic carbocycles. The van der Waals surface area contributed by atoms with Gasteiger partial charge in [0.1, 0.15) is 6.04 Å². The van der Waals surface area contributed by atoms with Gasteiger partial charge in [-0.15, -0.1) is 5.10 Å². The number of anilines is 1. The molecule has 1 unspecified atom stereocenters. The number of carbonyl (C=O) groups is 2. The van der Waals surface area contributed by atoms with Crippen molar-refractivity contribution in [2.75, 3.05) is 11.9 Å². The Morgan fingerprint density at radius 1 is 1.16 bits per heavy atom. The second kappa shape index (κ2) is 7.95. The summed E-state index contributed by atoms with van der Waals surface area (Å²) in [5.74, 6) is -0.388. The second-order valence-corrected chi connectivity index (χ2v) is 8.44. The summed E-state index contributed by atoms with van der Waals surface area (Å²) in [5, 5.41) is 7.64. The highest BCUT2D eigenvalue weighted by Crippen LogP contribution is 2.27. The van der Waals surface area contributed by atoms with Crippen molar-refractivity contribution in [3.05, 3.63) is 59.1 Å². The zero-order chi connectivity index (χ0) is 21.4. The van der Waals surface area contributed by atoms with Crippen LogP contribution in [0.4, 0.5) is 5.13 Å². The van der Waals surface area contributed by atoms with Crippen molar-refractivity contribution in [3.8, 4) is 0 Å². The molecule has 3 aromatic heterocycles. The number of hydrogen-bond acceptors (Lipinski definition) is 6. The number of rotatable bonds is 5. The standard InChI is InChI=1S/C21H20N6O3S/c28-18(10-13-27-21(30)26-11-4-3-9-17(26)24-27)25-12-5-7-15(25)19(29)23-20-22-14-6-1-2-8-16(14)31-20/h1-4,6,8-9,11,15H,5,7,10,12-13H2,(H,22,23,29). The van der Waals surface area contributed by atoms with Crippen LogP contribution >= 0.6 is 11.3 Å². The van der Waals surface area contributed by atoms with Crippen molar-refractivity contribution in [2.24, 2.45) is 0 Å². The van der Waals surface area contributed by atoms with Crippen LogP contribution in [0.1, 0.15) is 19.3 Å². The molecule has 0 radical (unpaired) electrons. The minimum absolute atomic E-state index is 0.106. The number of aromatic nitrogens is 4. The van der Waals surface area contributed by atoms with Crippen molar-refractivity contribution >= 4 is 44.1 Å². The molecule has 9 nitrogen and oxygen atoms in total. The molecule has 0 spiro atoms. The summed E-state index contributed by atoms with van der Waals surface area (Å²) in [7, 11) is 0. The Bertz CT molecular complexity index is 1310. The normalized spacial score (nSPS) is 16.3. The molecule has 4 heterocycles. The molecule has 0 bridgehead atoms. The SMILES string of the molecule is O=C(Nc1nc2ccccc2s1)C1CCCN1C(=O)CCn1nc2ccccn2c1=O. The Balaban J connectivity index is 1.25. The number of carbonyl (C=O) groups excluding carboxylic acids is 2. The molecule has 158 valence electrons. The van der Waals surface area contributed by atoms with Gasteiger partial charge in [0.25, 0.3) is 0 Å². The van der Waals surface area contributed by atoms with E-state index in [4.69, 9.17) is 0 Å². The number of amides is 2. The van der Waals surface area contributed by atoms with Crippen LogP contribution in [0.3, 0.4) is 0 Å². The molecular weight excluding hydrogens is 416 g/mol. The van der Waals surface area contributed by atoms with Crippen molar-refractivity contribution in [1.29, 1.82) is 0 Å².